The highest BCUT2D eigenvalue weighted by Gasteiger charge is 2.27. The standard InChI is InChI=1S/C17H34N4O2/c1-3-21(15-7-8-15)11-10-20-17(18-2)19-9-5-12-22-14-16-6-4-13-23-16/h15-16H,3-14H2,1-2H3,(H2,18,19,20). The van der Waals surface area contributed by atoms with Gasteiger partial charge < -0.3 is 20.1 Å². The van der Waals surface area contributed by atoms with Crippen molar-refractivity contribution in [2.75, 3.05) is 53.0 Å². The van der Waals surface area contributed by atoms with Crippen LogP contribution < -0.4 is 10.6 Å². The summed E-state index contributed by atoms with van der Waals surface area (Å²) in [6.07, 6.45) is 6.36. The van der Waals surface area contributed by atoms with Crippen LogP contribution in [0, 0.1) is 0 Å². The van der Waals surface area contributed by atoms with Gasteiger partial charge in [-0.25, -0.2) is 0 Å². The van der Waals surface area contributed by atoms with Gasteiger partial charge in [-0.15, -0.1) is 0 Å². The molecule has 1 unspecified atom stereocenters. The van der Waals surface area contributed by atoms with E-state index in [0.717, 1.165) is 70.8 Å². The molecule has 0 aromatic heterocycles. The zero-order valence-corrected chi connectivity index (χ0v) is 14.9. The number of hydrogen-bond acceptors (Lipinski definition) is 4. The van der Waals surface area contributed by atoms with Crippen LogP contribution in [0.15, 0.2) is 4.99 Å². The molecule has 0 aromatic rings. The van der Waals surface area contributed by atoms with Crippen molar-refractivity contribution in [2.24, 2.45) is 4.99 Å². The molecule has 1 saturated heterocycles. The number of ether oxygens (including phenoxy) is 2. The topological polar surface area (TPSA) is 58.1 Å². The maximum atomic E-state index is 5.66. The van der Waals surface area contributed by atoms with Crippen LogP contribution in [0.1, 0.15) is 39.0 Å². The minimum absolute atomic E-state index is 0.324. The van der Waals surface area contributed by atoms with Gasteiger partial charge in [0.2, 0.25) is 0 Å². The Morgan fingerprint density at radius 3 is 2.74 bits per heavy atom. The maximum absolute atomic E-state index is 5.66. The molecule has 6 heteroatoms. The average molecular weight is 326 g/mol. The van der Waals surface area contributed by atoms with Crippen LogP contribution in [-0.2, 0) is 9.47 Å². The molecule has 1 aliphatic heterocycles. The molecule has 0 radical (unpaired) electrons. The maximum Gasteiger partial charge on any atom is 0.191 e. The van der Waals surface area contributed by atoms with Crippen molar-refractivity contribution >= 4 is 5.96 Å². The molecule has 0 amide bonds. The number of guanidine groups is 1. The predicted molar refractivity (Wildman–Crippen MR) is 94.0 cm³/mol. The second-order valence-electron chi connectivity index (χ2n) is 6.35. The van der Waals surface area contributed by atoms with Crippen LogP contribution in [0.25, 0.3) is 0 Å². The minimum atomic E-state index is 0.324. The monoisotopic (exact) mass is 326 g/mol. The molecular weight excluding hydrogens is 292 g/mol. The summed E-state index contributed by atoms with van der Waals surface area (Å²) in [7, 11) is 1.82. The van der Waals surface area contributed by atoms with Crippen LogP contribution in [0.3, 0.4) is 0 Å². The van der Waals surface area contributed by atoms with E-state index >= 15 is 0 Å². The fourth-order valence-corrected chi connectivity index (χ4v) is 2.95. The van der Waals surface area contributed by atoms with Crippen molar-refractivity contribution in [1.82, 2.24) is 15.5 Å². The lowest BCUT2D eigenvalue weighted by molar-refractivity contribution is 0.0168. The van der Waals surface area contributed by atoms with Crippen molar-refractivity contribution < 1.29 is 9.47 Å². The molecule has 6 nitrogen and oxygen atoms in total. The fraction of sp³-hybridized carbons (Fsp3) is 0.941. The SMILES string of the molecule is CCN(CCNC(=NC)NCCCOCC1CCCO1)C1CC1. The van der Waals surface area contributed by atoms with Crippen LogP contribution >= 0.6 is 0 Å². The van der Waals surface area contributed by atoms with Crippen LogP contribution in [0.4, 0.5) is 0 Å². The second kappa shape index (κ2) is 10.8. The van der Waals surface area contributed by atoms with E-state index in [0.29, 0.717) is 6.10 Å². The third-order valence-electron chi connectivity index (χ3n) is 4.47. The van der Waals surface area contributed by atoms with Gasteiger partial charge in [-0.05, 0) is 38.6 Å². The molecule has 2 aliphatic rings. The Bertz CT molecular complexity index is 341. The molecule has 2 N–H and O–H groups in total. The zero-order valence-electron chi connectivity index (χ0n) is 14.9. The summed E-state index contributed by atoms with van der Waals surface area (Å²) in [5.41, 5.74) is 0. The van der Waals surface area contributed by atoms with E-state index < -0.39 is 0 Å². The van der Waals surface area contributed by atoms with Gasteiger partial charge >= 0.3 is 0 Å². The summed E-state index contributed by atoms with van der Waals surface area (Å²) in [6.45, 7) is 8.70. The number of rotatable bonds is 11. The molecule has 1 heterocycles. The third kappa shape index (κ3) is 7.50. The van der Waals surface area contributed by atoms with E-state index in [4.69, 9.17) is 9.47 Å². The summed E-state index contributed by atoms with van der Waals surface area (Å²) >= 11 is 0. The van der Waals surface area contributed by atoms with Gasteiger partial charge in [0.1, 0.15) is 0 Å². The molecule has 1 atom stereocenters. The van der Waals surface area contributed by atoms with Gasteiger partial charge in [-0.1, -0.05) is 6.92 Å². The Labute approximate surface area is 141 Å². The smallest absolute Gasteiger partial charge is 0.191 e. The first kappa shape index (κ1) is 18.5. The van der Waals surface area contributed by atoms with Crippen molar-refractivity contribution in [1.29, 1.82) is 0 Å². The first-order valence-electron chi connectivity index (χ1n) is 9.21. The molecule has 0 aromatic carbocycles. The Morgan fingerprint density at radius 2 is 2.09 bits per heavy atom. The van der Waals surface area contributed by atoms with Crippen LogP contribution in [-0.4, -0.2) is 76.1 Å². The summed E-state index contributed by atoms with van der Waals surface area (Å²) in [4.78, 5) is 6.81. The highest BCUT2D eigenvalue weighted by molar-refractivity contribution is 5.79. The van der Waals surface area contributed by atoms with Gasteiger partial charge in [0.15, 0.2) is 5.96 Å². The van der Waals surface area contributed by atoms with Crippen LogP contribution in [0.2, 0.25) is 0 Å². The predicted octanol–water partition coefficient (Wildman–Crippen LogP) is 1.22. The Balaban J connectivity index is 1.44. The second-order valence-corrected chi connectivity index (χ2v) is 6.35. The Morgan fingerprint density at radius 1 is 1.26 bits per heavy atom. The van der Waals surface area contributed by atoms with Crippen molar-refractivity contribution in [2.45, 2.75) is 51.2 Å². The number of nitrogens with zero attached hydrogens (tertiary/aromatic N) is 2. The molecule has 134 valence electrons. The highest BCUT2D eigenvalue weighted by atomic mass is 16.5. The van der Waals surface area contributed by atoms with Gasteiger partial charge in [-0.3, -0.25) is 9.89 Å². The summed E-state index contributed by atoms with van der Waals surface area (Å²) in [5, 5.41) is 6.73. The third-order valence-corrected chi connectivity index (χ3v) is 4.47. The van der Waals surface area contributed by atoms with Gasteiger partial charge in [0.25, 0.3) is 0 Å². The van der Waals surface area contributed by atoms with E-state index in [1.54, 1.807) is 0 Å². The number of aliphatic imine (C=N–C) groups is 1. The van der Waals surface area contributed by atoms with Gasteiger partial charge in [0, 0.05) is 45.9 Å². The highest BCUT2D eigenvalue weighted by Crippen LogP contribution is 2.25. The first-order valence-corrected chi connectivity index (χ1v) is 9.21. The van der Waals surface area contributed by atoms with E-state index in [1.165, 1.54) is 19.3 Å². The molecule has 1 saturated carbocycles. The summed E-state index contributed by atoms with van der Waals surface area (Å²) in [6, 6.07) is 0.831. The molecule has 1 aliphatic carbocycles. The molecular formula is C17H34N4O2. The first-order chi connectivity index (χ1) is 11.3. The molecule has 2 fully saturated rings. The average Bonchev–Trinajstić information content (AvgIpc) is 3.28. The van der Waals surface area contributed by atoms with E-state index in [9.17, 15) is 0 Å². The van der Waals surface area contributed by atoms with E-state index in [1.807, 2.05) is 7.05 Å². The van der Waals surface area contributed by atoms with E-state index in [2.05, 4.69) is 27.4 Å². The number of likely N-dealkylation sites (N-methyl/N-ethyl adjacent to an activating group) is 1. The molecule has 23 heavy (non-hydrogen) atoms. The van der Waals surface area contributed by atoms with Gasteiger partial charge in [0.05, 0.1) is 12.7 Å². The number of nitrogens with one attached hydrogen (secondary N) is 2. The van der Waals surface area contributed by atoms with Crippen LogP contribution in [0.5, 0.6) is 0 Å². The summed E-state index contributed by atoms with van der Waals surface area (Å²) < 4.78 is 11.2. The molecule has 0 bridgehead atoms. The number of hydrogen-bond donors (Lipinski definition) is 2. The largest absolute Gasteiger partial charge is 0.379 e. The van der Waals surface area contributed by atoms with Crippen molar-refractivity contribution in [3.63, 3.8) is 0 Å². The Kier molecular flexibility index (Phi) is 8.71. The molecule has 0 spiro atoms. The van der Waals surface area contributed by atoms with Crippen molar-refractivity contribution in [3.05, 3.63) is 0 Å². The molecule has 2 rings (SSSR count). The quantitative estimate of drug-likeness (QED) is 0.340. The Hall–Kier alpha value is -0.850. The lowest BCUT2D eigenvalue weighted by Gasteiger charge is -2.20. The van der Waals surface area contributed by atoms with Crippen molar-refractivity contribution in [3.8, 4) is 0 Å². The fourth-order valence-electron chi connectivity index (χ4n) is 2.95. The van der Waals surface area contributed by atoms with Gasteiger partial charge in [-0.2, -0.15) is 0 Å². The van der Waals surface area contributed by atoms with E-state index in [-0.39, 0.29) is 0 Å². The minimum Gasteiger partial charge on any atom is -0.379 e. The lowest BCUT2D eigenvalue weighted by Crippen LogP contribution is -2.42. The normalized spacial score (nSPS) is 21.9. The summed E-state index contributed by atoms with van der Waals surface area (Å²) in [5.74, 6) is 0.885. The lowest BCUT2D eigenvalue weighted by atomic mass is 10.2. The zero-order chi connectivity index (χ0) is 16.3.